The quantitative estimate of drug-likeness (QED) is 0.769. The molecule has 1 rings (SSSR count). The van der Waals surface area contributed by atoms with Crippen LogP contribution in [0.3, 0.4) is 0 Å². The molecule has 0 unspecified atom stereocenters. The van der Waals surface area contributed by atoms with Gasteiger partial charge in [0, 0.05) is 4.47 Å². The number of hydrogen-bond donors (Lipinski definition) is 1. The van der Waals surface area contributed by atoms with Crippen LogP contribution >= 0.6 is 15.9 Å². The van der Waals surface area contributed by atoms with Gasteiger partial charge in [0.2, 0.25) is 0 Å². The maximum absolute atomic E-state index is 5.60. The molecule has 1 N–H and O–H groups in total. The second-order valence-corrected chi connectivity index (χ2v) is 4.38. The minimum atomic E-state index is 0.811. The average Bonchev–Trinajstić information content (AvgIpc) is 2.26. The Labute approximate surface area is 100 Å². The molecule has 0 aliphatic rings. The zero-order valence-corrected chi connectivity index (χ0v) is 10.7. The molecule has 1 aromatic rings. The maximum Gasteiger partial charge on any atom is 0.119 e. The molecule has 1 aromatic carbocycles. The molecule has 0 aromatic heterocycles. The highest BCUT2D eigenvalue weighted by atomic mass is 79.9. The number of hydrogen-bond acceptors (Lipinski definition) is 2. The van der Waals surface area contributed by atoms with Crippen molar-refractivity contribution < 1.29 is 4.74 Å². The second-order valence-electron chi connectivity index (χ2n) is 3.47. The van der Waals surface area contributed by atoms with Crippen molar-refractivity contribution >= 4 is 15.9 Å². The van der Waals surface area contributed by atoms with Crippen LogP contribution in [0.1, 0.15) is 19.3 Å². The molecular weight excluding hydrogens is 254 g/mol. The van der Waals surface area contributed by atoms with Crippen LogP contribution in [0.5, 0.6) is 5.75 Å². The summed E-state index contributed by atoms with van der Waals surface area (Å²) in [7, 11) is 1.98. The number of unbranched alkanes of at least 4 members (excludes halogenated alkanes) is 2. The Morgan fingerprint density at radius 1 is 1.13 bits per heavy atom. The normalized spacial score (nSPS) is 10.3. The number of benzene rings is 1. The number of ether oxygens (including phenoxy) is 1. The molecule has 2 nitrogen and oxygen atoms in total. The first-order chi connectivity index (χ1) is 7.33. The summed E-state index contributed by atoms with van der Waals surface area (Å²) in [4.78, 5) is 0. The molecule has 0 saturated heterocycles. The zero-order chi connectivity index (χ0) is 10.9. The molecule has 0 radical (unpaired) electrons. The lowest BCUT2D eigenvalue weighted by Gasteiger charge is -2.05. The fraction of sp³-hybridized carbons (Fsp3) is 0.500. The minimum absolute atomic E-state index is 0.811. The van der Waals surface area contributed by atoms with Gasteiger partial charge in [0.05, 0.1) is 6.61 Å². The van der Waals surface area contributed by atoms with E-state index in [0.717, 1.165) is 29.8 Å². The van der Waals surface area contributed by atoms with E-state index >= 15 is 0 Å². The van der Waals surface area contributed by atoms with Crippen LogP contribution in [-0.2, 0) is 0 Å². The predicted molar refractivity (Wildman–Crippen MR) is 67.4 cm³/mol. The standard InChI is InChI=1S/C12H18BrNO/c1-14-9-3-2-4-10-15-12-7-5-11(13)6-8-12/h5-8,14H,2-4,9-10H2,1H3. The van der Waals surface area contributed by atoms with Crippen LogP contribution < -0.4 is 10.1 Å². The molecule has 0 aliphatic carbocycles. The molecule has 0 bridgehead atoms. The van der Waals surface area contributed by atoms with E-state index in [0.29, 0.717) is 0 Å². The Bertz CT molecular complexity index is 261. The summed E-state index contributed by atoms with van der Waals surface area (Å²) in [5, 5.41) is 3.14. The number of halogens is 1. The lowest BCUT2D eigenvalue weighted by Crippen LogP contribution is -2.07. The van der Waals surface area contributed by atoms with Gasteiger partial charge < -0.3 is 10.1 Å². The summed E-state index contributed by atoms with van der Waals surface area (Å²) in [6, 6.07) is 7.96. The number of rotatable bonds is 7. The molecule has 15 heavy (non-hydrogen) atoms. The van der Waals surface area contributed by atoms with Gasteiger partial charge in [-0.3, -0.25) is 0 Å². The third kappa shape index (κ3) is 5.80. The Morgan fingerprint density at radius 3 is 2.53 bits per heavy atom. The Morgan fingerprint density at radius 2 is 1.87 bits per heavy atom. The Kier molecular flexibility index (Phi) is 6.44. The molecule has 84 valence electrons. The lowest BCUT2D eigenvalue weighted by atomic mass is 10.2. The van der Waals surface area contributed by atoms with Gasteiger partial charge in [0.1, 0.15) is 5.75 Å². The van der Waals surface area contributed by atoms with Gasteiger partial charge in [-0.25, -0.2) is 0 Å². The first kappa shape index (κ1) is 12.5. The predicted octanol–water partition coefficient (Wildman–Crippen LogP) is 3.22. The topological polar surface area (TPSA) is 21.3 Å². The first-order valence-electron chi connectivity index (χ1n) is 5.36. The molecule has 0 fully saturated rings. The van der Waals surface area contributed by atoms with Crippen molar-refractivity contribution in [2.45, 2.75) is 19.3 Å². The fourth-order valence-corrected chi connectivity index (χ4v) is 1.57. The van der Waals surface area contributed by atoms with Crippen molar-refractivity contribution in [3.05, 3.63) is 28.7 Å². The average molecular weight is 272 g/mol. The van der Waals surface area contributed by atoms with E-state index in [2.05, 4.69) is 21.2 Å². The van der Waals surface area contributed by atoms with E-state index in [-0.39, 0.29) is 0 Å². The lowest BCUT2D eigenvalue weighted by molar-refractivity contribution is 0.305. The third-order valence-corrected chi connectivity index (χ3v) is 2.68. The van der Waals surface area contributed by atoms with Gasteiger partial charge in [-0.15, -0.1) is 0 Å². The van der Waals surface area contributed by atoms with Crippen molar-refractivity contribution in [1.82, 2.24) is 5.32 Å². The highest BCUT2D eigenvalue weighted by molar-refractivity contribution is 9.10. The molecule has 0 spiro atoms. The third-order valence-electron chi connectivity index (χ3n) is 2.15. The van der Waals surface area contributed by atoms with Gasteiger partial charge in [-0.2, -0.15) is 0 Å². The summed E-state index contributed by atoms with van der Waals surface area (Å²) >= 11 is 3.39. The van der Waals surface area contributed by atoms with E-state index < -0.39 is 0 Å². The van der Waals surface area contributed by atoms with E-state index in [1.54, 1.807) is 0 Å². The van der Waals surface area contributed by atoms with Crippen LogP contribution in [0.2, 0.25) is 0 Å². The van der Waals surface area contributed by atoms with Gasteiger partial charge >= 0.3 is 0 Å². The molecule has 0 saturated carbocycles. The van der Waals surface area contributed by atoms with E-state index in [9.17, 15) is 0 Å². The summed E-state index contributed by atoms with van der Waals surface area (Å²) in [6.45, 7) is 1.91. The largest absolute Gasteiger partial charge is 0.494 e. The SMILES string of the molecule is CNCCCCCOc1ccc(Br)cc1. The number of nitrogens with one attached hydrogen (secondary N) is 1. The van der Waals surface area contributed by atoms with Crippen molar-refractivity contribution in [1.29, 1.82) is 0 Å². The van der Waals surface area contributed by atoms with Crippen LogP contribution in [0.15, 0.2) is 28.7 Å². The van der Waals surface area contributed by atoms with Crippen molar-refractivity contribution in [3.8, 4) is 5.75 Å². The van der Waals surface area contributed by atoms with E-state index in [1.807, 2.05) is 31.3 Å². The van der Waals surface area contributed by atoms with Crippen molar-refractivity contribution in [2.75, 3.05) is 20.2 Å². The van der Waals surface area contributed by atoms with Gasteiger partial charge in [0.15, 0.2) is 0 Å². The minimum Gasteiger partial charge on any atom is -0.494 e. The fourth-order valence-electron chi connectivity index (χ4n) is 1.30. The second kappa shape index (κ2) is 7.71. The van der Waals surface area contributed by atoms with Gasteiger partial charge in [0.25, 0.3) is 0 Å². The smallest absolute Gasteiger partial charge is 0.119 e. The Balaban J connectivity index is 2.07. The summed E-state index contributed by atoms with van der Waals surface area (Å²) in [6.07, 6.45) is 3.56. The van der Waals surface area contributed by atoms with Crippen molar-refractivity contribution in [3.63, 3.8) is 0 Å². The monoisotopic (exact) mass is 271 g/mol. The first-order valence-corrected chi connectivity index (χ1v) is 6.15. The molecule has 0 aliphatic heterocycles. The molecule has 0 atom stereocenters. The highest BCUT2D eigenvalue weighted by Gasteiger charge is 1.93. The summed E-state index contributed by atoms with van der Waals surface area (Å²) in [5.74, 6) is 0.951. The van der Waals surface area contributed by atoms with E-state index in [1.165, 1.54) is 12.8 Å². The van der Waals surface area contributed by atoms with Gasteiger partial charge in [-0.1, -0.05) is 15.9 Å². The van der Waals surface area contributed by atoms with Crippen LogP contribution in [0.25, 0.3) is 0 Å². The van der Waals surface area contributed by atoms with Crippen LogP contribution in [0, 0.1) is 0 Å². The van der Waals surface area contributed by atoms with Crippen LogP contribution in [0.4, 0.5) is 0 Å². The van der Waals surface area contributed by atoms with Crippen molar-refractivity contribution in [2.24, 2.45) is 0 Å². The molecule has 0 amide bonds. The molecule has 3 heteroatoms. The summed E-state index contributed by atoms with van der Waals surface area (Å²) in [5.41, 5.74) is 0. The maximum atomic E-state index is 5.60. The highest BCUT2D eigenvalue weighted by Crippen LogP contribution is 2.16. The molecular formula is C12H18BrNO. The zero-order valence-electron chi connectivity index (χ0n) is 9.13. The Hall–Kier alpha value is -0.540. The summed E-state index contributed by atoms with van der Waals surface area (Å²) < 4.78 is 6.69. The van der Waals surface area contributed by atoms with Crippen LogP contribution in [-0.4, -0.2) is 20.2 Å². The van der Waals surface area contributed by atoms with E-state index in [4.69, 9.17) is 4.74 Å². The van der Waals surface area contributed by atoms with Gasteiger partial charge in [-0.05, 0) is 57.1 Å². The molecule has 0 heterocycles.